The maximum atomic E-state index is 14.1. The summed E-state index contributed by atoms with van der Waals surface area (Å²) in [4.78, 5) is 14.3. The van der Waals surface area contributed by atoms with Gasteiger partial charge in [0.25, 0.3) is 5.91 Å². The summed E-state index contributed by atoms with van der Waals surface area (Å²) in [7, 11) is -4.11. The first-order valence-corrected chi connectivity index (χ1v) is 11.4. The van der Waals surface area contributed by atoms with Gasteiger partial charge >= 0.3 is 10.1 Å². The van der Waals surface area contributed by atoms with Gasteiger partial charge in [0.1, 0.15) is 22.3 Å². The molecule has 5 nitrogen and oxygen atoms in total. The second kappa shape index (κ2) is 9.91. The maximum absolute atomic E-state index is 14.1. The number of hydrogen-bond donors (Lipinski definition) is 0. The Morgan fingerprint density at radius 1 is 0.938 bits per heavy atom. The van der Waals surface area contributed by atoms with Crippen LogP contribution < -0.4 is 4.18 Å². The molecule has 0 bridgehead atoms. The smallest absolute Gasteiger partial charge is 0.339 e. The van der Waals surface area contributed by atoms with Crippen molar-refractivity contribution in [1.29, 1.82) is 0 Å². The largest absolute Gasteiger partial charge is 0.379 e. The minimum atomic E-state index is -4.11. The highest BCUT2D eigenvalue weighted by Crippen LogP contribution is 2.21. The van der Waals surface area contributed by atoms with Crippen molar-refractivity contribution in [3.05, 3.63) is 95.6 Å². The van der Waals surface area contributed by atoms with E-state index in [1.54, 1.807) is 23.1 Å². The summed E-state index contributed by atoms with van der Waals surface area (Å²) in [5.41, 5.74) is 0.723. The topological polar surface area (TPSA) is 63.7 Å². The molecule has 0 N–H and O–H groups in total. The molecular weight excluding hydrogens is 436 g/mol. The van der Waals surface area contributed by atoms with Crippen molar-refractivity contribution in [1.82, 2.24) is 4.90 Å². The molecule has 0 atom stereocenters. The molecule has 0 heterocycles. The fourth-order valence-electron chi connectivity index (χ4n) is 3.11. The fourth-order valence-corrected chi connectivity index (χ4v) is 4.04. The van der Waals surface area contributed by atoms with Gasteiger partial charge in [0.2, 0.25) is 0 Å². The first kappa shape index (κ1) is 23.4. The first-order valence-electron chi connectivity index (χ1n) is 9.98. The summed E-state index contributed by atoms with van der Waals surface area (Å²) in [6.07, 6.45) is 0. The Morgan fingerprint density at radius 2 is 1.56 bits per heavy atom. The van der Waals surface area contributed by atoms with E-state index in [1.807, 2.05) is 13.8 Å². The Labute approximate surface area is 186 Å². The molecule has 0 aliphatic carbocycles. The summed E-state index contributed by atoms with van der Waals surface area (Å²) in [6.45, 7) is 4.55. The lowest BCUT2D eigenvalue weighted by Gasteiger charge is -2.25. The van der Waals surface area contributed by atoms with Crippen molar-refractivity contribution >= 4 is 16.0 Å². The molecular formula is C24H23F2NO4S. The molecule has 0 aliphatic heterocycles. The zero-order valence-corrected chi connectivity index (χ0v) is 18.5. The third-order valence-electron chi connectivity index (χ3n) is 4.58. The minimum Gasteiger partial charge on any atom is -0.379 e. The monoisotopic (exact) mass is 459 g/mol. The van der Waals surface area contributed by atoms with Gasteiger partial charge in [-0.15, -0.1) is 0 Å². The number of benzene rings is 3. The van der Waals surface area contributed by atoms with Gasteiger partial charge in [-0.1, -0.05) is 38.1 Å². The number of carbonyl (C=O) groups excluding carboxylic acids is 1. The lowest BCUT2D eigenvalue weighted by atomic mass is 10.1. The van der Waals surface area contributed by atoms with Gasteiger partial charge in [-0.3, -0.25) is 4.79 Å². The normalized spacial score (nSPS) is 11.4. The third-order valence-corrected chi connectivity index (χ3v) is 5.84. The van der Waals surface area contributed by atoms with Crippen LogP contribution in [0.15, 0.2) is 77.7 Å². The second-order valence-electron chi connectivity index (χ2n) is 7.69. The number of rotatable bonds is 8. The Bertz CT molecular complexity index is 1180. The predicted molar refractivity (Wildman–Crippen MR) is 117 cm³/mol. The standard InChI is InChI=1S/C24H23F2NO4S/c1-17(2)15-27(24(28)22-5-3-4-6-23(22)26)16-18-7-11-20(12-8-18)31-32(29,30)21-13-9-19(25)10-14-21/h3-14,17H,15-16H2,1-2H3. The molecule has 168 valence electrons. The molecule has 1 amide bonds. The summed E-state index contributed by atoms with van der Waals surface area (Å²) < 4.78 is 56.9. The Hall–Kier alpha value is -3.26. The van der Waals surface area contributed by atoms with Crippen LogP contribution in [0.25, 0.3) is 0 Å². The van der Waals surface area contributed by atoms with Crippen molar-refractivity contribution in [2.75, 3.05) is 6.54 Å². The Kier molecular flexibility index (Phi) is 7.25. The van der Waals surface area contributed by atoms with E-state index in [2.05, 4.69) is 0 Å². The lowest BCUT2D eigenvalue weighted by molar-refractivity contribution is 0.0718. The quantitative estimate of drug-likeness (QED) is 0.443. The summed E-state index contributed by atoms with van der Waals surface area (Å²) in [6, 6.07) is 16.4. The van der Waals surface area contributed by atoms with E-state index < -0.39 is 27.7 Å². The minimum absolute atomic E-state index is 0.00139. The van der Waals surface area contributed by atoms with E-state index in [-0.39, 0.29) is 28.7 Å². The van der Waals surface area contributed by atoms with Crippen LogP contribution in [-0.2, 0) is 16.7 Å². The summed E-state index contributed by atoms with van der Waals surface area (Å²) in [5.74, 6) is -1.32. The average molecular weight is 460 g/mol. The molecule has 3 rings (SSSR count). The maximum Gasteiger partial charge on any atom is 0.339 e. The van der Waals surface area contributed by atoms with E-state index in [1.165, 1.54) is 30.3 Å². The third kappa shape index (κ3) is 5.91. The van der Waals surface area contributed by atoms with Gasteiger partial charge in [-0.25, -0.2) is 8.78 Å². The zero-order chi connectivity index (χ0) is 23.3. The van der Waals surface area contributed by atoms with Gasteiger partial charge in [0.15, 0.2) is 0 Å². The van der Waals surface area contributed by atoms with Gasteiger partial charge < -0.3 is 9.08 Å². The van der Waals surface area contributed by atoms with Crippen molar-refractivity contribution in [2.24, 2.45) is 5.92 Å². The van der Waals surface area contributed by atoms with E-state index in [0.717, 1.165) is 29.8 Å². The molecule has 0 saturated carbocycles. The molecule has 0 aliphatic rings. The Balaban J connectivity index is 1.75. The number of nitrogens with zero attached hydrogens (tertiary/aromatic N) is 1. The molecule has 0 aromatic heterocycles. The van der Waals surface area contributed by atoms with E-state index in [4.69, 9.17) is 4.18 Å². The van der Waals surface area contributed by atoms with Crippen molar-refractivity contribution < 1.29 is 26.2 Å². The van der Waals surface area contributed by atoms with Crippen LogP contribution >= 0.6 is 0 Å². The number of halogens is 2. The van der Waals surface area contributed by atoms with Crippen molar-refractivity contribution in [3.63, 3.8) is 0 Å². The Morgan fingerprint density at radius 3 is 2.16 bits per heavy atom. The van der Waals surface area contributed by atoms with Crippen LogP contribution in [0.3, 0.4) is 0 Å². The molecule has 8 heteroatoms. The predicted octanol–water partition coefficient (Wildman–Crippen LogP) is 5.03. The van der Waals surface area contributed by atoms with Crippen LogP contribution in [0, 0.1) is 17.6 Å². The molecule has 32 heavy (non-hydrogen) atoms. The highest BCUT2D eigenvalue weighted by molar-refractivity contribution is 7.87. The highest BCUT2D eigenvalue weighted by atomic mass is 32.2. The average Bonchev–Trinajstić information content (AvgIpc) is 2.74. The number of amides is 1. The highest BCUT2D eigenvalue weighted by Gasteiger charge is 2.21. The second-order valence-corrected chi connectivity index (χ2v) is 9.24. The number of hydrogen-bond acceptors (Lipinski definition) is 4. The molecule has 0 radical (unpaired) electrons. The van der Waals surface area contributed by atoms with Crippen LogP contribution in [0.4, 0.5) is 8.78 Å². The van der Waals surface area contributed by atoms with Crippen LogP contribution in [0.2, 0.25) is 0 Å². The molecule has 3 aromatic rings. The zero-order valence-electron chi connectivity index (χ0n) is 17.7. The van der Waals surface area contributed by atoms with Crippen LogP contribution in [0.5, 0.6) is 5.75 Å². The van der Waals surface area contributed by atoms with Crippen LogP contribution in [-0.4, -0.2) is 25.8 Å². The van der Waals surface area contributed by atoms with Crippen molar-refractivity contribution in [3.8, 4) is 5.75 Å². The molecule has 0 spiro atoms. The fraction of sp³-hybridized carbons (Fsp3) is 0.208. The number of carbonyl (C=O) groups is 1. The van der Waals surface area contributed by atoms with E-state index in [0.29, 0.717) is 6.54 Å². The van der Waals surface area contributed by atoms with Gasteiger partial charge in [0, 0.05) is 13.1 Å². The first-order chi connectivity index (χ1) is 15.2. The van der Waals surface area contributed by atoms with Gasteiger partial charge in [-0.05, 0) is 60.0 Å². The SMILES string of the molecule is CC(C)CN(Cc1ccc(OS(=O)(=O)c2ccc(F)cc2)cc1)C(=O)c1ccccc1F. The van der Waals surface area contributed by atoms with E-state index >= 15 is 0 Å². The molecule has 0 saturated heterocycles. The molecule has 3 aromatic carbocycles. The van der Waals surface area contributed by atoms with E-state index in [9.17, 15) is 22.0 Å². The van der Waals surface area contributed by atoms with Gasteiger partial charge in [-0.2, -0.15) is 8.42 Å². The molecule has 0 fully saturated rings. The van der Waals surface area contributed by atoms with Crippen LogP contribution in [0.1, 0.15) is 29.8 Å². The van der Waals surface area contributed by atoms with Crippen molar-refractivity contribution in [2.45, 2.75) is 25.3 Å². The lowest BCUT2D eigenvalue weighted by Crippen LogP contribution is -2.34. The molecule has 0 unspecified atom stereocenters. The van der Waals surface area contributed by atoms with Gasteiger partial charge in [0.05, 0.1) is 5.56 Å². The summed E-state index contributed by atoms with van der Waals surface area (Å²) in [5, 5.41) is 0. The summed E-state index contributed by atoms with van der Waals surface area (Å²) >= 11 is 0.